The van der Waals surface area contributed by atoms with Crippen molar-refractivity contribution < 1.29 is 5.21 Å². The van der Waals surface area contributed by atoms with Crippen molar-refractivity contribution >= 4 is 17.6 Å². The summed E-state index contributed by atoms with van der Waals surface area (Å²) in [5.74, 6) is 0.0862. The van der Waals surface area contributed by atoms with Gasteiger partial charge >= 0.3 is 0 Å². The van der Waals surface area contributed by atoms with Crippen LogP contribution in [0.25, 0.3) is 5.69 Å². The van der Waals surface area contributed by atoms with Crippen LogP contribution >= 0.6 is 11.8 Å². The lowest BCUT2D eigenvalue weighted by atomic mass is 10.1. The van der Waals surface area contributed by atoms with Gasteiger partial charge in [0.05, 0.1) is 17.4 Å². The minimum Gasteiger partial charge on any atom is -0.409 e. The number of aryl methyl sites for hydroxylation is 1. The van der Waals surface area contributed by atoms with Crippen molar-refractivity contribution in [3.63, 3.8) is 0 Å². The molecule has 6 heteroatoms. The third-order valence-corrected chi connectivity index (χ3v) is 3.33. The van der Waals surface area contributed by atoms with E-state index in [-0.39, 0.29) is 5.84 Å². The lowest BCUT2D eigenvalue weighted by Gasteiger charge is -2.12. The van der Waals surface area contributed by atoms with Crippen LogP contribution in [0, 0.1) is 6.92 Å². The molecule has 3 N–H and O–H groups in total. The van der Waals surface area contributed by atoms with Gasteiger partial charge < -0.3 is 10.9 Å². The maximum atomic E-state index is 8.91. The molecule has 2 rings (SSSR count). The molecule has 0 radical (unpaired) electrons. The van der Waals surface area contributed by atoms with Gasteiger partial charge in [-0.1, -0.05) is 11.2 Å². The molecule has 0 aliphatic heterocycles. The molecule has 1 aromatic carbocycles. The quantitative estimate of drug-likeness (QED) is 0.291. The summed E-state index contributed by atoms with van der Waals surface area (Å²) in [5.41, 5.74) is 8.30. The Labute approximate surface area is 109 Å². The molecule has 0 aliphatic rings. The first-order valence-corrected chi connectivity index (χ1v) is 6.56. The molecule has 0 saturated carbocycles. The summed E-state index contributed by atoms with van der Waals surface area (Å²) < 4.78 is 1.72. The standard InChI is InChI=1S/C12H14N4OS/c1-8-6-14-16(7-8)9-4-3-5-10(18-2)11(9)12(13)15-17/h3-7,17H,1-2H3,(H2,13,15). The number of aromatic nitrogens is 2. The first-order chi connectivity index (χ1) is 8.67. The summed E-state index contributed by atoms with van der Waals surface area (Å²) in [6, 6.07) is 5.74. The fraction of sp³-hybridized carbons (Fsp3) is 0.167. The fourth-order valence-corrected chi connectivity index (χ4v) is 2.36. The van der Waals surface area contributed by atoms with E-state index in [1.54, 1.807) is 22.6 Å². The molecular formula is C12H14N4OS. The number of benzene rings is 1. The second-order valence-electron chi connectivity index (χ2n) is 3.80. The van der Waals surface area contributed by atoms with Gasteiger partial charge in [-0.15, -0.1) is 11.8 Å². The van der Waals surface area contributed by atoms with Crippen LogP contribution in [0.4, 0.5) is 0 Å². The molecule has 1 aromatic heterocycles. The highest BCUT2D eigenvalue weighted by molar-refractivity contribution is 7.98. The Bertz CT molecular complexity index is 592. The third-order valence-electron chi connectivity index (χ3n) is 2.55. The molecule has 0 bridgehead atoms. The Kier molecular flexibility index (Phi) is 3.57. The normalized spacial score (nSPS) is 11.8. The molecule has 2 aromatic rings. The maximum absolute atomic E-state index is 8.91. The van der Waals surface area contributed by atoms with Crippen LogP contribution in [0.3, 0.4) is 0 Å². The van der Waals surface area contributed by atoms with E-state index in [2.05, 4.69) is 10.3 Å². The van der Waals surface area contributed by atoms with Crippen molar-refractivity contribution in [1.29, 1.82) is 0 Å². The van der Waals surface area contributed by atoms with E-state index in [4.69, 9.17) is 10.9 Å². The molecule has 0 unspecified atom stereocenters. The highest BCUT2D eigenvalue weighted by atomic mass is 32.2. The summed E-state index contributed by atoms with van der Waals surface area (Å²) in [7, 11) is 0. The lowest BCUT2D eigenvalue weighted by molar-refractivity contribution is 0.318. The molecule has 94 valence electrons. The Morgan fingerprint density at radius 1 is 1.50 bits per heavy atom. The average molecular weight is 262 g/mol. The van der Waals surface area contributed by atoms with Gasteiger partial charge in [0, 0.05) is 11.1 Å². The lowest BCUT2D eigenvalue weighted by Crippen LogP contribution is -2.17. The zero-order valence-electron chi connectivity index (χ0n) is 10.2. The van der Waals surface area contributed by atoms with Crippen LogP contribution in [0.1, 0.15) is 11.1 Å². The molecule has 1 heterocycles. The number of oxime groups is 1. The van der Waals surface area contributed by atoms with Crippen molar-refractivity contribution in [2.24, 2.45) is 10.9 Å². The highest BCUT2D eigenvalue weighted by Gasteiger charge is 2.14. The molecular weight excluding hydrogens is 248 g/mol. The average Bonchev–Trinajstić information content (AvgIpc) is 2.83. The van der Waals surface area contributed by atoms with E-state index in [1.807, 2.05) is 37.6 Å². The summed E-state index contributed by atoms with van der Waals surface area (Å²) in [5, 5.41) is 16.3. The molecule has 0 fully saturated rings. The summed E-state index contributed by atoms with van der Waals surface area (Å²) in [6.45, 7) is 1.96. The van der Waals surface area contributed by atoms with Crippen LogP contribution in [0.2, 0.25) is 0 Å². The highest BCUT2D eigenvalue weighted by Crippen LogP contribution is 2.25. The Hall–Kier alpha value is -1.95. The van der Waals surface area contributed by atoms with Crippen molar-refractivity contribution in [3.05, 3.63) is 41.7 Å². The third kappa shape index (κ3) is 2.19. The Balaban J connectivity index is 2.67. The SMILES string of the molecule is CSc1cccc(-n2cc(C)cn2)c1/C(N)=N/O. The van der Waals surface area contributed by atoms with Crippen LogP contribution in [-0.4, -0.2) is 27.1 Å². The second-order valence-corrected chi connectivity index (χ2v) is 4.65. The molecule has 18 heavy (non-hydrogen) atoms. The number of nitrogens with two attached hydrogens (primary N) is 1. The topological polar surface area (TPSA) is 76.4 Å². The first kappa shape index (κ1) is 12.5. The van der Waals surface area contributed by atoms with Gasteiger partial charge in [0.1, 0.15) is 0 Å². The fourth-order valence-electron chi connectivity index (χ4n) is 1.73. The van der Waals surface area contributed by atoms with E-state index in [9.17, 15) is 0 Å². The van der Waals surface area contributed by atoms with Crippen molar-refractivity contribution in [3.8, 4) is 5.69 Å². The molecule has 0 atom stereocenters. The molecule has 0 spiro atoms. The van der Waals surface area contributed by atoms with E-state index in [0.717, 1.165) is 16.1 Å². The minimum absolute atomic E-state index is 0.0862. The van der Waals surface area contributed by atoms with Crippen molar-refractivity contribution in [2.45, 2.75) is 11.8 Å². The van der Waals surface area contributed by atoms with Crippen molar-refractivity contribution in [1.82, 2.24) is 9.78 Å². The van der Waals surface area contributed by atoms with Crippen molar-refractivity contribution in [2.75, 3.05) is 6.26 Å². The minimum atomic E-state index is 0.0862. The first-order valence-electron chi connectivity index (χ1n) is 5.34. The number of hydrogen-bond acceptors (Lipinski definition) is 4. The zero-order chi connectivity index (χ0) is 13.1. The van der Waals surface area contributed by atoms with Gasteiger partial charge in [-0.05, 0) is 30.9 Å². The second kappa shape index (κ2) is 5.14. The van der Waals surface area contributed by atoms with E-state index in [1.165, 1.54) is 0 Å². The Morgan fingerprint density at radius 2 is 2.28 bits per heavy atom. The molecule has 0 amide bonds. The number of hydrogen-bond donors (Lipinski definition) is 2. The van der Waals surface area contributed by atoms with E-state index >= 15 is 0 Å². The number of thioether (sulfide) groups is 1. The predicted molar refractivity (Wildman–Crippen MR) is 72.6 cm³/mol. The van der Waals surface area contributed by atoms with Crippen LogP contribution in [0.15, 0.2) is 40.6 Å². The van der Waals surface area contributed by atoms with Gasteiger partial charge in [0.2, 0.25) is 0 Å². The van der Waals surface area contributed by atoms with Crippen LogP contribution < -0.4 is 5.73 Å². The van der Waals surface area contributed by atoms with Gasteiger partial charge in [0.25, 0.3) is 0 Å². The van der Waals surface area contributed by atoms with Gasteiger partial charge in [-0.2, -0.15) is 5.10 Å². The van der Waals surface area contributed by atoms with Crippen LogP contribution in [-0.2, 0) is 0 Å². The summed E-state index contributed by atoms with van der Waals surface area (Å²) in [4.78, 5) is 0.941. The van der Waals surface area contributed by atoms with Gasteiger partial charge in [-0.25, -0.2) is 4.68 Å². The molecule has 0 aliphatic carbocycles. The summed E-state index contributed by atoms with van der Waals surface area (Å²) in [6.07, 6.45) is 5.61. The van der Waals surface area contributed by atoms with Gasteiger partial charge in [0.15, 0.2) is 5.84 Å². The molecule has 0 saturated heterocycles. The molecule has 5 nitrogen and oxygen atoms in total. The van der Waals surface area contributed by atoms with E-state index < -0.39 is 0 Å². The Morgan fingerprint density at radius 3 is 2.83 bits per heavy atom. The zero-order valence-corrected chi connectivity index (χ0v) is 11.0. The van der Waals surface area contributed by atoms with Gasteiger partial charge in [-0.3, -0.25) is 0 Å². The summed E-state index contributed by atoms with van der Waals surface area (Å²) >= 11 is 1.54. The predicted octanol–water partition coefficient (Wildman–Crippen LogP) is 2.00. The number of amidine groups is 1. The number of rotatable bonds is 3. The monoisotopic (exact) mass is 262 g/mol. The largest absolute Gasteiger partial charge is 0.409 e. The van der Waals surface area contributed by atoms with E-state index in [0.29, 0.717) is 5.56 Å². The van der Waals surface area contributed by atoms with Crippen LogP contribution in [0.5, 0.6) is 0 Å². The maximum Gasteiger partial charge on any atom is 0.173 e. The smallest absolute Gasteiger partial charge is 0.173 e. The number of nitrogens with zero attached hydrogens (tertiary/aromatic N) is 3.